The average molecular weight is 262 g/mol. The Morgan fingerprint density at radius 3 is 2.41 bits per heavy atom. The van der Waals surface area contributed by atoms with E-state index in [1.165, 1.54) is 0 Å². The minimum absolute atomic E-state index is 0.230. The number of hydrogen-bond donors (Lipinski definition) is 2. The number of sulfonamides is 1. The Morgan fingerprint density at radius 2 is 1.88 bits per heavy atom. The third-order valence-corrected chi connectivity index (χ3v) is 4.03. The van der Waals surface area contributed by atoms with E-state index < -0.39 is 21.7 Å². The molecule has 1 heterocycles. The monoisotopic (exact) mass is 262 g/mol. The number of hydrogen-bond acceptors (Lipinski definition) is 3. The van der Waals surface area contributed by atoms with Crippen molar-refractivity contribution in [1.82, 2.24) is 10.0 Å². The zero-order valence-electron chi connectivity index (χ0n) is 8.91. The SMILES string of the molecule is O=S(=O)(NC1CCNC1)c1cc(F)cc(F)c1. The molecule has 0 radical (unpaired) electrons. The van der Waals surface area contributed by atoms with Crippen molar-refractivity contribution < 1.29 is 17.2 Å². The molecule has 2 rings (SSSR count). The first-order chi connectivity index (χ1) is 7.97. The van der Waals surface area contributed by atoms with Crippen molar-refractivity contribution in [2.45, 2.75) is 17.4 Å². The molecule has 0 bridgehead atoms. The van der Waals surface area contributed by atoms with Crippen molar-refractivity contribution in [3.05, 3.63) is 29.8 Å². The van der Waals surface area contributed by atoms with Crippen LogP contribution in [0.2, 0.25) is 0 Å². The van der Waals surface area contributed by atoms with Gasteiger partial charge in [-0.2, -0.15) is 0 Å². The summed E-state index contributed by atoms with van der Waals surface area (Å²) in [5.41, 5.74) is 0. The normalized spacial score (nSPS) is 20.7. The maximum Gasteiger partial charge on any atom is 0.241 e. The third kappa shape index (κ3) is 2.99. The van der Waals surface area contributed by atoms with Crippen LogP contribution in [0.5, 0.6) is 0 Å². The lowest BCUT2D eigenvalue weighted by Gasteiger charge is -2.12. The fourth-order valence-electron chi connectivity index (χ4n) is 1.73. The molecular formula is C10H12F2N2O2S. The number of benzene rings is 1. The van der Waals surface area contributed by atoms with Crippen LogP contribution in [0.25, 0.3) is 0 Å². The molecule has 0 aromatic heterocycles. The van der Waals surface area contributed by atoms with Crippen molar-refractivity contribution in [2.24, 2.45) is 0 Å². The summed E-state index contributed by atoms with van der Waals surface area (Å²) in [7, 11) is -3.86. The van der Waals surface area contributed by atoms with Crippen molar-refractivity contribution in [3.8, 4) is 0 Å². The van der Waals surface area contributed by atoms with Gasteiger partial charge in [-0.1, -0.05) is 0 Å². The van der Waals surface area contributed by atoms with Gasteiger partial charge in [-0.05, 0) is 25.1 Å². The second-order valence-electron chi connectivity index (χ2n) is 3.92. The van der Waals surface area contributed by atoms with Crippen LogP contribution >= 0.6 is 0 Å². The molecule has 0 saturated carbocycles. The smallest absolute Gasteiger partial charge is 0.241 e. The molecule has 1 aromatic carbocycles. The van der Waals surface area contributed by atoms with Gasteiger partial charge in [0.1, 0.15) is 11.6 Å². The first kappa shape index (κ1) is 12.4. The van der Waals surface area contributed by atoms with Crippen LogP contribution in [0.4, 0.5) is 8.78 Å². The zero-order valence-corrected chi connectivity index (χ0v) is 9.73. The second kappa shape index (κ2) is 4.67. The molecule has 1 aliphatic heterocycles. The van der Waals surface area contributed by atoms with Crippen LogP contribution in [0.1, 0.15) is 6.42 Å². The van der Waals surface area contributed by atoms with Crippen LogP contribution in [-0.4, -0.2) is 27.5 Å². The third-order valence-electron chi connectivity index (χ3n) is 2.53. The molecule has 1 saturated heterocycles. The molecule has 4 nitrogen and oxygen atoms in total. The molecule has 1 aliphatic rings. The summed E-state index contributed by atoms with van der Waals surface area (Å²) in [4.78, 5) is -0.387. The van der Waals surface area contributed by atoms with E-state index in [1.54, 1.807) is 0 Å². The minimum atomic E-state index is -3.86. The predicted molar refractivity (Wildman–Crippen MR) is 58.0 cm³/mol. The zero-order chi connectivity index (χ0) is 12.5. The molecule has 7 heteroatoms. The molecule has 1 unspecified atom stereocenters. The van der Waals surface area contributed by atoms with E-state index in [1.807, 2.05) is 0 Å². The van der Waals surface area contributed by atoms with Gasteiger partial charge in [0.15, 0.2) is 0 Å². The van der Waals surface area contributed by atoms with Gasteiger partial charge >= 0.3 is 0 Å². The minimum Gasteiger partial charge on any atom is -0.315 e. The summed E-state index contributed by atoms with van der Waals surface area (Å²) in [5, 5.41) is 2.99. The molecule has 94 valence electrons. The van der Waals surface area contributed by atoms with E-state index in [2.05, 4.69) is 10.0 Å². The van der Waals surface area contributed by atoms with E-state index in [-0.39, 0.29) is 10.9 Å². The van der Waals surface area contributed by atoms with Gasteiger partial charge in [0.25, 0.3) is 0 Å². The summed E-state index contributed by atoms with van der Waals surface area (Å²) in [6.45, 7) is 1.25. The highest BCUT2D eigenvalue weighted by atomic mass is 32.2. The highest BCUT2D eigenvalue weighted by Crippen LogP contribution is 2.14. The van der Waals surface area contributed by atoms with Gasteiger partial charge in [0.2, 0.25) is 10.0 Å². The summed E-state index contributed by atoms with van der Waals surface area (Å²) in [6.07, 6.45) is 0.664. The molecule has 1 fully saturated rings. The van der Waals surface area contributed by atoms with Gasteiger partial charge in [-0.25, -0.2) is 21.9 Å². The van der Waals surface area contributed by atoms with Crippen molar-refractivity contribution in [1.29, 1.82) is 0 Å². The number of rotatable bonds is 3. The maximum absolute atomic E-state index is 12.9. The Bertz CT molecular complexity index is 493. The summed E-state index contributed by atoms with van der Waals surface area (Å²) in [5.74, 6) is -1.81. The van der Waals surface area contributed by atoms with Crippen molar-refractivity contribution in [3.63, 3.8) is 0 Å². The van der Waals surface area contributed by atoms with Crippen molar-refractivity contribution in [2.75, 3.05) is 13.1 Å². The second-order valence-corrected chi connectivity index (χ2v) is 5.63. The van der Waals surface area contributed by atoms with Crippen LogP contribution in [-0.2, 0) is 10.0 Å². The molecule has 2 N–H and O–H groups in total. The van der Waals surface area contributed by atoms with Gasteiger partial charge < -0.3 is 5.32 Å². The maximum atomic E-state index is 12.9. The van der Waals surface area contributed by atoms with Gasteiger partial charge in [-0.15, -0.1) is 0 Å². The molecule has 17 heavy (non-hydrogen) atoms. The fraction of sp³-hybridized carbons (Fsp3) is 0.400. The Labute approximate surface area is 98.1 Å². The standard InChI is InChI=1S/C10H12F2N2O2S/c11-7-3-8(12)5-10(4-7)17(15,16)14-9-1-2-13-6-9/h3-5,9,13-14H,1-2,6H2. The Kier molecular flexibility index (Phi) is 3.41. The van der Waals surface area contributed by atoms with E-state index >= 15 is 0 Å². The van der Waals surface area contributed by atoms with E-state index in [4.69, 9.17) is 0 Å². The quantitative estimate of drug-likeness (QED) is 0.839. The van der Waals surface area contributed by atoms with Crippen LogP contribution < -0.4 is 10.0 Å². The molecule has 0 aliphatic carbocycles. The highest BCUT2D eigenvalue weighted by molar-refractivity contribution is 7.89. The fourth-order valence-corrected chi connectivity index (χ4v) is 3.04. The van der Waals surface area contributed by atoms with Crippen LogP contribution in [0.3, 0.4) is 0 Å². The van der Waals surface area contributed by atoms with Crippen LogP contribution in [0, 0.1) is 11.6 Å². The number of nitrogens with one attached hydrogen (secondary N) is 2. The summed E-state index contributed by atoms with van der Waals surface area (Å²) < 4.78 is 51.9. The summed E-state index contributed by atoms with van der Waals surface area (Å²) >= 11 is 0. The lowest BCUT2D eigenvalue weighted by Crippen LogP contribution is -2.36. The predicted octanol–water partition coefficient (Wildman–Crippen LogP) is 0.605. The van der Waals surface area contributed by atoms with E-state index in [0.29, 0.717) is 19.0 Å². The Morgan fingerprint density at radius 1 is 1.24 bits per heavy atom. The van der Waals surface area contributed by atoms with Gasteiger partial charge in [0, 0.05) is 18.7 Å². The molecular weight excluding hydrogens is 250 g/mol. The summed E-state index contributed by atoms with van der Waals surface area (Å²) in [6, 6.07) is 2.00. The molecule has 1 aromatic rings. The Balaban J connectivity index is 2.24. The van der Waals surface area contributed by atoms with Gasteiger partial charge in [-0.3, -0.25) is 0 Å². The average Bonchev–Trinajstić information content (AvgIpc) is 2.68. The topological polar surface area (TPSA) is 58.2 Å². The highest BCUT2D eigenvalue weighted by Gasteiger charge is 2.23. The van der Waals surface area contributed by atoms with E-state index in [0.717, 1.165) is 18.7 Å². The number of halogens is 2. The molecule has 1 atom stereocenters. The molecule has 0 amide bonds. The Hall–Kier alpha value is -1.05. The lowest BCUT2D eigenvalue weighted by molar-refractivity contribution is 0.549. The first-order valence-corrected chi connectivity index (χ1v) is 6.65. The van der Waals surface area contributed by atoms with Crippen LogP contribution in [0.15, 0.2) is 23.1 Å². The van der Waals surface area contributed by atoms with Crippen molar-refractivity contribution >= 4 is 10.0 Å². The lowest BCUT2D eigenvalue weighted by atomic mass is 10.3. The molecule has 0 spiro atoms. The first-order valence-electron chi connectivity index (χ1n) is 5.16. The van der Waals surface area contributed by atoms with E-state index in [9.17, 15) is 17.2 Å². The van der Waals surface area contributed by atoms with Gasteiger partial charge in [0.05, 0.1) is 4.90 Å². The largest absolute Gasteiger partial charge is 0.315 e.